The van der Waals surface area contributed by atoms with E-state index < -0.39 is 17.7 Å². The van der Waals surface area contributed by atoms with E-state index in [1.54, 1.807) is 0 Å². The Morgan fingerprint density at radius 3 is 2.62 bits per heavy atom. The minimum absolute atomic E-state index is 0.0486. The smallest absolute Gasteiger partial charge is 0.335 e. The maximum absolute atomic E-state index is 13.4. The van der Waals surface area contributed by atoms with Crippen molar-refractivity contribution in [1.82, 2.24) is 0 Å². The molecule has 0 aromatic rings. The number of aliphatic hydroxyl groups is 3. The Kier molecular flexibility index (Phi) is 7.88. The molecule has 0 heterocycles. The molecule has 34 heavy (non-hydrogen) atoms. The number of Topliss-reactive ketones (excluding diaryl/α,β-unsaturated/α-hetero) is 2. The number of hydrogen-bond acceptors (Lipinski definition) is 8. The lowest BCUT2D eigenvalue weighted by atomic mass is 9.46. The molecular formula is C26H38O7S. The number of thioether (sulfide) groups is 1. The van der Waals surface area contributed by atoms with Crippen molar-refractivity contribution < 1.29 is 34.4 Å². The largest absolute Gasteiger partial charge is 0.467 e. The summed E-state index contributed by atoms with van der Waals surface area (Å²) >= 11 is 1.17. The number of rotatable bonds is 8. The monoisotopic (exact) mass is 494 g/mol. The Balaban J connectivity index is 1.72. The Morgan fingerprint density at radius 1 is 1.29 bits per heavy atom. The molecule has 0 bridgehead atoms. The number of ketones is 2. The van der Waals surface area contributed by atoms with Gasteiger partial charge in [0.05, 0.1) is 19.6 Å². The molecule has 3 rings (SSSR count). The highest BCUT2D eigenvalue weighted by atomic mass is 32.2. The van der Waals surface area contributed by atoms with Crippen LogP contribution < -0.4 is 0 Å². The van der Waals surface area contributed by atoms with E-state index in [0.29, 0.717) is 12.0 Å². The summed E-state index contributed by atoms with van der Waals surface area (Å²) in [5, 5.41) is 31.5. The number of carbonyl (C=O) groups is 3. The zero-order valence-electron chi connectivity index (χ0n) is 20.6. The summed E-state index contributed by atoms with van der Waals surface area (Å²) in [6.07, 6.45) is 2.66. The SMILES string of the molecule is C=C1CC[C@H]2C(C)(C)[C@@H](O)CC[C@]2(C)[C@H]1CC(=O)[C@]1(O)C=C(CSC[C@H](O)C(=O)OC)C(=O)C1. The van der Waals surface area contributed by atoms with E-state index in [2.05, 4.69) is 32.1 Å². The first-order valence-corrected chi connectivity index (χ1v) is 13.1. The Hall–Kier alpha value is -1.48. The molecule has 8 heteroatoms. The Labute approximate surface area is 206 Å². The van der Waals surface area contributed by atoms with Gasteiger partial charge in [0.2, 0.25) is 0 Å². The van der Waals surface area contributed by atoms with Gasteiger partial charge in [0.1, 0.15) is 5.60 Å². The van der Waals surface area contributed by atoms with Gasteiger partial charge in [0.15, 0.2) is 17.7 Å². The van der Waals surface area contributed by atoms with Gasteiger partial charge < -0.3 is 20.1 Å². The second-order valence-corrected chi connectivity index (χ2v) is 12.1. The molecular weight excluding hydrogens is 456 g/mol. The number of aliphatic hydroxyl groups excluding tert-OH is 2. The molecule has 0 aliphatic heterocycles. The van der Waals surface area contributed by atoms with Gasteiger partial charge in [0, 0.05) is 23.5 Å². The lowest BCUT2D eigenvalue weighted by Gasteiger charge is -2.59. The van der Waals surface area contributed by atoms with Crippen molar-refractivity contribution in [1.29, 1.82) is 0 Å². The first-order valence-electron chi connectivity index (χ1n) is 12.0. The van der Waals surface area contributed by atoms with Crippen molar-refractivity contribution in [2.45, 2.75) is 77.1 Å². The van der Waals surface area contributed by atoms with Crippen LogP contribution in [0, 0.1) is 22.7 Å². The highest BCUT2D eigenvalue weighted by molar-refractivity contribution is 7.99. The quantitative estimate of drug-likeness (QED) is 0.348. The van der Waals surface area contributed by atoms with Crippen molar-refractivity contribution in [3.63, 3.8) is 0 Å². The third kappa shape index (κ3) is 4.92. The van der Waals surface area contributed by atoms with Gasteiger partial charge in [-0.2, -0.15) is 11.8 Å². The summed E-state index contributed by atoms with van der Waals surface area (Å²) < 4.78 is 4.48. The van der Waals surface area contributed by atoms with Crippen molar-refractivity contribution >= 4 is 29.3 Å². The lowest BCUT2D eigenvalue weighted by molar-refractivity contribution is -0.149. The average molecular weight is 495 g/mol. The van der Waals surface area contributed by atoms with Crippen LogP contribution in [-0.4, -0.2) is 69.3 Å². The average Bonchev–Trinajstić information content (AvgIpc) is 3.07. The van der Waals surface area contributed by atoms with Crippen molar-refractivity contribution in [3.8, 4) is 0 Å². The number of hydrogen-bond donors (Lipinski definition) is 3. The van der Waals surface area contributed by atoms with Gasteiger partial charge in [0.25, 0.3) is 0 Å². The summed E-state index contributed by atoms with van der Waals surface area (Å²) in [5.41, 5.74) is -0.996. The molecule has 3 aliphatic carbocycles. The van der Waals surface area contributed by atoms with E-state index in [9.17, 15) is 29.7 Å². The first-order chi connectivity index (χ1) is 15.8. The van der Waals surface area contributed by atoms with Crippen LogP contribution in [0.1, 0.15) is 59.3 Å². The van der Waals surface area contributed by atoms with E-state index in [1.807, 2.05) is 0 Å². The topological polar surface area (TPSA) is 121 Å². The van der Waals surface area contributed by atoms with Crippen LogP contribution in [0.15, 0.2) is 23.8 Å². The second kappa shape index (κ2) is 9.88. The molecule has 0 aromatic carbocycles. The number of fused-ring (bicyclic) bond motifs is 1. The molecule has 0 saturated heterocycles. The number of allylic oxidation sites excluding steroid dienone is 1. The maximum Gasteiger partial charge on any atom is 0.335 e. The van der Waals surface area contributed by atoms with Crippen LogP contribution in [0.5, 0.6) is 0 Å². The van der Waals surface area contributed by atoms with Crippen molar-refractivity contribution in [2.75, 3.05) is 18.6 Å². The minimum atomic E-state index is -1.85. The van der Waals surface area contributed by atoms with Gasteiger partial charge in [-0.3, -0.25) is 9.59 Å². The molecule has 7 nitrogen and oxygen atoms in total. The van der Waals surface area contributed by atoms with E-state index in [1.165, 1.54) is 24.9 Å². The summed E-state index contributed by atoms with van der Waals surface area (Å²) in [6.45, 7) is 10.6. The second-order valence-electron chi connectivity index (χ2n) is 11.1. The van der Waals surface area contributed by atoms with Crippen LogP contribution in [0.4, 0.5) is 0 Å². The minimum Gasteiger partial charge on any atom is -0.467 e. The zero-order valence-corrected chi connectivity index (χ0v) is 21.5. The number of methoxy groups -OCH3 is 1. The molecule has 2 fully saturated rings. The molecule has 6 atom stereocenters. The fraction of sp³-hybridized carbons (Fsp3) is 0.731. The standard InChI is InChI=1S/C26H38O7S/c1-15-6-7-20-24(2,3)21(29)8-9-25(20,4)17(15)10-22(30)26(32)11-16(18(27)12-26)13-34-14-19(28)23(31)33-5/h11,17,19-21,28-29,32H,1,6-10,12-14H2,2-5H3/t17-,19-,20-,21-,25+,26-/m0/s1. The van der Waals surface area contributed by atoms with E-state index in [4.69, 9.17) is 0 Å². The van der Waals surface area contributed by atoms with Crippen molar-refractivity contribution in [3.05, 3.63) is 23.8 Å². The highest BCUT2D eigenvalue weighted by Crippen LogP contribution is 2.61. The first kappa shape index (κ1) is 27.1. The summed E-state index contributed by atoms with van der Waals surface area (Å²) in [5.74, 6) is -1.08. The third-order valence-corrected chi connectivity index (χ3v) is 9.70. The predicted molar refractivity (Wildman–Crippen MR) is 130 cm³/mol. The molecule has 0 spiro atoms. The van der Waals surface area contributed by atoms with Gasteiger partial charge in [-0.15, -0.1) is 0 Å². The molecule has 3 aliphatic rings. The fourth-order valence-corrected chi connectivity index (χ4v) is 7.41. The van der Waals surface area contributed by atoms with E-state index >= 15 is 0 Å². The zero-order chi connectivity index (χ0) is 25.5. The third-order valence-electron chi connectivity index (χ3n) is 8.63. The summed E-state index contributed by atoms with van der Waals surface area (Å²) in [4.78, 5) is 37.2. The predicted octanol–water partition coefficient (Wildman–Crippen LogP) is 2.61. The van der Waals surface area contributed by atoms with E-state index in [0.717, 1.165) is 24.8 Å². The molecule has 0 amide bonds. The molecule has 0 unspecified atom stereocenters. The number of carbonyl (C=O) groups excluding carboxylic acids is 3. The summed E-state index contributed by atoms with van der Waals surface area (Å²) in [7, 11) is 1.19. The molecule has 3 N–H and O–H groups in total. The molecule has 0 radical (unpaired) electrons. The molecule has 190 valence electrons. The maximum atomic E-state index is 13.4. The normalized spacial score (nSPS) is 36.0. The van der Waals surface area contributed by atoms with Gasteiger partial charge in [-0.25, -0.2) is 4.79 Å². The molecule has 0 aromatic heterocycles. The lowest BCUT2D eigenvalue weighted by Crippen LogP contribution is -2.55. The molecule has 2 saturated carbocycles. The Bertz CT molecular complexity index is 894. The van der Waals surface area contributed by atoms with Crippen molar-refractivity contribution in [2.24, 2.45) is 22.7 Å². The van der Waals surface area contributed by atoms with Crippen LogP contribution in [0.25, 0.3) is 0 Å². The summed E-state index contributed by atoms with van der Waals surface area (Å²) in [6, 6.07) is 0. The van der Waals surface area contributed by atoms with Gasteiger partial charge in [-0.1, -0.05) is 32.9 Å². The number of esters is 1. The Morgan fingerprint density at radius 2 is 1.97 bits per heavy atom. The van der Waals surface area contributed by atoms with Gasteiger partial charge in [-0.05, 0) is 54.4 Å². The number of ether oxygens (including phenoxy) is 1. The van der Waals surface area contributed by atoms with Crippen LogP contribution >= 0.6 is 11.8 Å². The van der Waals surface area contributed by atoms with Gasteiger partial charge >= 0.3 is 5.97 Å². The highest BCUT2D eigenvalue weighted by Gasteiger charge is 2.57. The van der Waals surface area contributed by atoms with Crippen LogP contribution in [0.3, 0.4) is 0 Å². The van der Waals surface area contributed by atoms with Crippen LogP contribution in [0.2, 0.25) is 0 Å². The van der Waals surface area contributed by atoms with Crippen LogP contribution in [-0.2, 0) is 19.1 Å². The fourth-order valence-electron chi connectivity index (χ4n) is 6.47. The van der Waals surface area contributed by atoms with E-state index in [-0.39, 0.29) is 64.7 Å².